The average molecular weight is 318 g/mol. The first kappa shape index (κ1) is 16.0. The van der Waals surface area contributed by atoms with E-state index in [1.165, 1.54) is 11.3 Å². The lowest BCUT2D eigenvalue weighted by Gasteiger charge is -2.11. The van der Waals surface area contributed by atoms with E-state index in [1.54, 1.807) is 13.2 Å². The summed E-state index contributed by atoms with van der Waals surface area (Å²) in [5.41, 5.74) is 1.61. The van der Waals surface area contributed by atoms with Crippen LogP contribution in [0.2, 0.25) is 0 Å². The molecule has 0 unspecified atom stereocenters. The van der Waals surface area contributed by atoms with Crippen LogP contribution in [0.3, 0.4) is 0 Å². The van der Waals surface area contributed by atoms with Gasteiger partial charge in [0.25, 0.3) is 0 Å². The summed E-state index contributed by atoms with van der Waals surface area (Å²) in [6.07, 6.45) is 0.290. The van der Waals surface area contributed by atoms with Gasteiger partial charge in [-0.1, -0.05) is 12.1 Å². The van der Waals surface area contributed by atoms with Crippen molar-refractivity contribution in [1.29, 1.82) is 0 Å². The Balaban J connectivity index is 1.85. The number of methoxy groups -OCH3 is 1. The maximum atomic E-state index is 11.9. The fourth-order valence-corrected chi connectivity index (χ4v) is 2.63. The SMILES string of the molecule is COc1ccc(C)cc1NC(=O)CNC(=O)Cc1cccs1. The van der Waals surface area contributed by atoms with Gasteiger partial charge in [0.2, 0.25) is 11.8 Å². The summed E-state index contributed by atoms with van der Waals surface area (Å²) in [5.74, 6) is 0.126. The predicted octanol–water partition coefficient (Wildman–Crippen LogP) is 2.36. The lowest BCUT2D eigenvalue weighted by molar-refractivity contribution is -0.123. The fourth-order valence-electron chi connectivity index (χ4n) is 1.93. The maximum absolute atomic E-state index is 11.9. The van der Waals surface area contributed by atoms with E-state index >= 15 is 0 Å². The van der Waals surface area contributed by atoms with E-state index in [2.05, 4.69) is 10.6 Å². The number of hydrogen-bond acceptors (Lipinski definition) is 4. The zero-order valence-electron chi connectivity index (χ0n) is 12.5. The van der Waals surface area contributed by atoms with Crippen molar-refractivity contribution in [3.63, 3.8) is 0 Å². The van der Waals surface area contributed by atoms with Crippen molar-refractivity contribution in [2.75, 3.05) is 19.0 Å². The highest BCUT2D eigenvalue weighted by Gasteiger charge is 2.10. The summed E-state index contributed by atoms with van der Waals surface area (Å²) in [4.78, 5) is 24.6. The number of carbonyl (C=O) groups is 2. The Labute approximate surface area is 133 Å². The van der Waals surface area contributed by atoms with Crippen LogP contribution in [0.25, 0.3) is 0 Å². The molecule has 0 atom stereocenters. The highest BCUT2D eigenvalue weighted by Crippen LogP contribution is 2.24. The van der Waals surface area contributed by atoms with Gasteiger partial charge < -0.3 is 15.4 Å². The number of ether oxygens (including phenoxy) is 1. The molecule has 0 saturated carbocycles. The number of carbonyl (C=O) groups excluding carboxylic acids is 2. The van der Waals surface area contributed by atoms with Crippen molar-refractivity contribution in [2.45, 2.75) is 13.3 Å². The lowest BCUT2D eigenvalue weighted by Crippen LogP contribution is -2.33. The number of hydrogen-bond donors (Lipinski definition) is 2. The molecule has 0 saturated heterocycles. The van der Waals surface area contributed by atoms with Crippen LogP contribution in [0.15, 0.2) is 35.7 Å². The summed E-state index contributed by atoms with van der Waals surface area (Å²) >= 11 is 1.52. The van der Waals surface area contributed by atoms with E-state index in [-0.39, 0.29) is 18.4 Å². The molecule has 2 amide bonds. The van der Waals surface area contributed by atoms with Gasteiger partial charge in [-0.2, -0.15) is 0 Å². The second-order valence-corrected chi connectivity index (χ2v) is 5.82. The van der Waals surface area contributed by atoms with Crippen LogP contribution in [0.5, 0.6) is 5.75 Å². The first-order valence-electron chi connectivity index (χ1n) is 6.82. The maximum Gasteiger partial charge on any atom is 0.243 e. The molecule has 0 radical (unpaired) electrons. The zero-order valence-corrected chi connectivity index (χ0v) is 13.3. The number of rotatable bonds is 6. The van der Waals surface area contributed by atoms with Gasteiger partial charge in [-0.25, -0.2) is 0 Å². The summed E-state index contributed by atoms with van der Waals surface area (Å²) in [6.45, 7) is 1.86. The third-order valence-electron chi connectivity index (χ3n) is 2.99. The molecular weight excluding hydrogens is 300 g/mol. The molecular formula is C16H18N2O3S. The number of benzene rings is 1. The topological polar surface area (TPSA) is 67.4 Å². The van der Waals surface area contributed by atoms with E-state index in [1.807, 2.05) is 36.6 Å². The molecule has 1 heterocycles. The number of aryl methyl sites for hydroxylation is 1. The largest absolute Gasteiger partial charge is 0.495 e. The molecule has 5 nitrogen and oxygen atoms in total. The highest BCUT2D eigenvalue weighted by atomic mass is 32.1. The van der Waals surface area contributed by atoms with Gasteiger partial charge in [-0.05, 0) is 36.1 Å². The van der Waals surface area contributed by atoms with E-state index in [9.17, 15) is 9.59 Å². The number of amides is 2. The Bertz CT molecular complexity index is 653. The Kier molecular flexibility index (Phi) is 5.55. The van der Waals surface area contributed by atoms with Crippen LogP contribution in [0.4, 0.5) is 5.69 Å². The van der Waals surface area contributed by atoms with Gasteiger partial charge in [-0.15, -0.1) is 11.3 Å². The third-order valence-corrected chi connectivity index (χ3v) is 3.87. The Morgan fingerprint density at radius 2 is 2.05 bits per heavy atom. The summed E-state index contributed by atoms with van der Waals surface area (Å²) in [6, 6.07) is 9.30. The lowest BCUT2D eigenvalue weighted by atomic mass is 10.2. The Morgan fingerprint density at radius 1 is 1.23 bits per heavy atom. The zero-order chi connectivity index (χ0) is 15.9. The van der Waals surface area contributed by atoms with Crippen molar-refractivity contribution in [2.24, 2.45) is 0 Å². The molecule has 0 aliphatic heterocycles. The van der Waals surface area contributed by atoms with Crippen LogP contribution >= 0.6 is 11.3 Å². The van der Waals surface area contributed by atoms with Gasteiger partial charge in [0, 0.05) is 4.88 Å². The van der Waals surface area contributed by atoms with Crippen LogP contribution in [0.1, 0.15) is 10.4 Å². The molecule has 2 aromatic rings. The molecule has 0 bridgehead atoms. The summed E-state index contributed by atoms with van der Waals surface area (Å²) in [5, 5.41) is 7.26. The van der Waals surface area contributed by atoms with Crippen molar-refractivity contribution < 1.29 is 14.3 Å². The molecule has 116 valence electrons. The van der Waals surface area contributed by atoms with Crippen molar-refractivity contribution in [3.05, 3.63) is 46.2 Å². The normalized spacial score (nSPS) is 10.1. The molecule has 2 N–H and O–H groups in total. The van der Waals surface area contributed by atoms with E-state index in [0.717, 1.165) is 10.4 Å². The molecule has 1 aromatic carbocycles. The molecule has 1 aromatic heterocycles. The molecule has 0 aliphatic rings. The summed E-state index contributed by atoms with van der Waals surface area (Å²) in [7, 11) is 1.54. The van der Waals surface area contributed by atoms with E-state index in [0.29, 0.717) is 17.9 Å². The Hall–Kier alpha value is -2.34. The van der Waals surface area contributed by atoms with E-state index < -0.39 is 0 Å². The number of nitrogens with one attached hydrogen (secondary N) is 2. The first-order chi connectivity index (χ1) is 10.6. The van der Waals surface area contributed by atoms with Gasteiger partial charge in [0.1, 0.15) is 5.75 Å². The minimum atomic E-state index is -0.288. The molecule has 0 aliphatic carbocycles. The molecule has 0 spiro atoms. The molecule has 2 rings (SSSR count). The van der Waals surface area contributed by atoms with Crippen LogP contribution in [-0.2, 0) is 16.0 Å². The van der Waals surface area contributed by atoms with Gasteiger partial charge in [0.05, 0.1) is 25.8 Å². The van der Waals surface area contributed by atoms with Crippen molar-refractivity contribution in [1.82, 2.24) is 5.32 Å². The van der Waals surface area contributed by atoms with Gasteiger partial charge >= 0.3 is 0 Å². The third kappa shape index (κ3) is 4.60. The average Bonchev–Trinajstić information content (AvgIpc) is 2.98. The monoisotopic (exact) mass is 318 g/mol. The second kappa shape index (κ2) is 7.61. The quantitative estimate of drug-likeness (QED) is 0.859. The van der Waals surface area contributed by atoms with Crippen LogP contribution in [-0.4, -0.2) is 25.5 Å². The number of thiophene rings is 1. The van der Waals surface area contributed by atoms with Crippen LogP contribution in [0, 0.1) is 6.92 Å². The minimum absolute atomic E-state index is 0.0682. The highest BCUT2D eigenvalue weighted by molar-refractivity contribution is 7.10. The Morgan fingerprint density at radius 3 is 2.73 bits per heavy atom. The van der Waals surface area contributed by atoms with Gasteiger partial charge in [0.15, 0.2) is 0 Å². The standard InChI is InChI=1S/C16H18N2O3S/c1-11-5-6-14(21-2)13(8-11)18-16(20)10-17-15(19)9-12-4-3-7-22-12/h3-8H,9-10H2,1-2H3,(H,17,19)(H,18,20). The second-order valence-electron chi connectivity index (χ2n) is 4.78. The van der Waals surface area contributed by atoms with Crippen molar-refractivity contribution >= 4 is 28.8 Å². The fraction of sp³-hybridized carbons (Fsp3) is 0.250. The van der Waals surface area contributed by atoms with Gasteiger partial charge in [-0.3, -0.25) is 9.59 Å². The van der Waals surface area contributed by atoms with E-state index in [4.69, 9.17) is 4.74 Å². The predicted molar refractivity (Wildman–Crippen MR) is 87.4 cm³/mol. The molecule has 6 heteroatoms. The first-order valence-corrected chi connectivity index (χ1v) is 7.70. The summed E-state index contributed by atoms with van der Waals surface area (Å²) < 4.78 is 5.20. The van der Waals surface area contributed by atoms with Crippen LogP contribution < -0.4 is 15.4 Å². The minimum Gasteiger partial charge on any atom is -0.495 e. The number of anilines is 1. The molecule has 0 fully saturated rings. The van der Waals surface area contributed by atoms with Crippen molar-refractivity contribution in [3.8, 4) is 5.75 Å². The molecule has 22 heavy (non-hydrogen) atoms. The smallest absolute Gasteiger partial charge is 0.243 e.